The van der Waals surface area contributed by atoms with E-state index in [0.29, 0.717) is 25.8 Å². The Morgan fingerprint density at radius 3 is 2.42 bits per heavy atom. The molecule has 1 unspecified atom stereocenters. The summed E-state index contributed by atoms with van der Waals surface area (Å²) in [5.41, 5.74) is -0.616. The van der Waals surface area contributed by atoms with Crippen LogP contribution < -0.4 is 5.32 Å². The molecule has 0 rings (SSSR count). The molecule has 0 aromatic carbocycles. The standard InChI is InChI=1S/C13H22N2O4/c1-13(2,3)19-12(17)15-10(11(16)18-5)8-6-7-9-14-4/h10H,6-9H2,1-3,5H3,(H,15,17). The van der Waals surface area contributed by atoms with Crippen molar-refractivity contribution in [3.63, 3.8) is 0 Å². The summed E-state index contributed by atoms with van der Waals surface area (Å²) in [6, 6.07) is -0.731. The number of unbranched alkanes of at least 4 members (excludes halogenated alkanes) is 1. The molecule has 6 nitrogen and oxygen atoms in total. The van der Waals surface area contributed by atoms with E-state index in [1.807, 2.05) is 0 Å². The molecule has 0 spiro atoms. The van der Waals surface area contributed by atoms with Crippen molar-refractivity contribution in [2.24, 2.45) is 0 Å². The highest BCUT2D eigenvalue weighted by Crippen LogP contribution is 2.09. The molecule has 0 aliphatic heterocycles. The van der Waals surface area contributed by atoms with Crippen LogP contribution in [0.4, 0.5) is 4.79 Å². The van der Waals surface area contributed by atoms with E-state index >= 15 is 0 Å². The second-order valence-corrected chi connectivity index (χ2v) is 5.10. The average molecular weight is 270 g/mol. The van der Waals surface area contributed by atoms with Gasteiger partial charge in [0.05, 0.1) is 7.11 Å². The predicted octanol–water partition coefficient (Wildman–Crippen LogP) is 2.14. The smallest absolute Gasteiger partial charge is 0.408 e. The van der Waals surface area contributed by atoms with Gasteiger partial charge in [-0.2, -0.15) is 0 Å². The molecule has 19 heavy (non-hydrogen) atoms. The van der Waals surface area contributed by atoms with E-state index in [1.165, 1.54) is 7.11 Å². The molecule has 108 valence electrons. The molecule has 0 saturated carbocycles. The van der Waals surface area contributed by atoms with E-state index in [1.54, 1.807) is 20.8 Å². The highest BCUT2D eigenvalue weighted by atomic mass is 16.6. The lowest BCUT2D eigenvalue weighted by Crippen LogP contribution is -2.44. The van der Waals surface area contributed by atoms with E-state index < -0.39 is 23.7 Å². The topological polar surface area (TPSA) is 69.0 Å². The maximum absolute atomic E-state index is 11.6. The van der Waals surface area contributed by atoms with Gasteiger partial charge in [0.15, 0.2) is 0 Å². The van der Waals surface area contributed by atoms with Gasteiger partial charge in [0.2, 0.25) is 6.54 Å². The van der Waals surface area contributed by atoms with Crippen LogP contribution in [0.1, 0.15) is 40.0 Å². The minimum Gasteiger partial charge on any atom is -0.467 e. The van der Waals surface area contributed by atoms with E-state index in [9.17, 15) is 9.59 Å². The van der Waals surface area contributed by atoms with E-state index in [-0.39, 0.29) is 0 Å². The number of carbonyl (C=O) groups is 2. The molecule has 0 bridgehead atoms. The number of hydrogen-bond acceptors (Lipinski definition) is 4. The van der Waals surface area contributed by atoms with Crippen molar-refractivity contribution in [3.05, 3.63) is 11.4 Å². The number of ether oxygens (including phenoxy) is 2. The summed E-state index contributed by atoms with van der Waals surface area (Å²) in [4.78, 5) is 26.3. The fourth-order valence-electron chi connectivity index (χ4n) is 1.38. The van der Waals surface area contributed by atoms with Crippen LogP contribution in [-0.4, -0.2) is 37.4 Å². The van der Waals surface area contributed by atoms with Gasteiger partial charge in [0.1, 0.15) is 11.6 Å². The Bertz CT molecular complexity index is 342. The molecule has 1 N–H and O–H groups in total. The number of methoxy groups -OCH3 is 1. The molecule has 6 heteroatoms. The van der Waals surface area contributed by atoms with Gasteiger partial charge in [0.25, 0.3) is 0 Å². The zero-order valence-corrected chi connectivity index (χ0v) is 12.0. The first-order valence-corrected chi connectivity index (χ1v) is 6.20. The van der Waals surface area contributed by atoms with Crippen LogP contribution in [0.15, 0.2) is 0 Å². The summed E-state index contributed by atoms with van der Waals surface area (Å²) >= 11 is 0. The molecule has 0 saturated heterocycles. The third kappa shape index (κ3) is 8.89. The normalized spacial score (nSPS) is 12.2. The zero-order chi connectivity index (χ0) is 14.9. The van der Waals surface area contributed by atoms with Gasteiger partial charge < -0.3 is 19.6 Å². The van der Waals surface area contributed by atoms with E-state index in [2.05, 4.69) is 14.9 Å². The van der Waals surface area contributed by atoms with Crippen molar-refractivity contribution in [1.29, 1.82) is 0 Å². The molecule has 0 fully saturated rings. The summed E-state index contributed by atoms with van der Waals surface area (Å²) in [6.07, 6.45) is 1.14. The molecule has 1 atom stereocenters. The summed E-state index contributed by atoms with van der Waals surface area (Å²) in [5, 5.41) is 2.49. The molecule has 0 aromatic rings. The second-order valence-electron chi connectivity index (χ2n) is 5.10. The Balaban J connectivity index is 4.32. The molecule has 0 aromatic heterocycles. The summed E-state index contributed by atoms with van der Waals surface area (Å²) in [7, 11) is 1.27. The Hall–Kier alpha value is -1.77. The minimum absolute atomic E-state index is 0.417. The van der Waals surface area contributed by atoms with Gasteiger partial charge >= 0.3 is 12.1 Å². The number of nitrogens with one attached hydrogen (secondary N) is 1. The first-order chi connectivity index (χ1) is 8.80. The molecule has 0 heterocycles. The van der Waals surface area contributed by atoms with Crippen LogP contribution in [0.3, 0.4) is 0 Å². The van der Waals surface area contributed by atoms with Gasteiger partial charge in [-0.15, -0.1) is 0 Å². The lowest BCUT2D eigenvalue weighted by atomic mass is 10.1. The summed E-state index contributed by atoms with van der Waals surface area (Å²) in [6.45, 7) is 12.3. The van der Waals surface area contributed by atoms with Crippen LogP contribution in [0.5, 0.6) is 0 Å². The Kier molecular flexibility index (Phi) is 7.57. The third-order valence-corrected chi connectivity index (χ3v) is 2.19. The van der Waals surface area contributed by atoms with Crippen LogP contribution in [-0.2, 0) is 14.3 Å². The largest absolute Gasteiger partial charge is 0.467 e. The number of hydrogen-bond donors (Lipinski definition) is 1. The van der Waals surface area contributed by atoms with Gasteiger partial charge in [-0.05, 0) is 33.6 Å². The Morgan fingerprint density at radius 1 is 1.32 bits per heavy atom. The maximum atomic E-state index is 11.6. The van der Waals surface area contributed by atoms with E-state index in [0.717, 1.165) is 0 Å². The highest BCUT2D eigenvalue weighted by Gasteiger charge is 2.24. The molecular formula is C13H22N2O4. The average Bonchev–Trinajstić information content (AvgIpc) is 2.29. The van der Waals surface area contributed by atoms with Gasteiger partial charge in [-0.25, -0.2) is 16.2 Å². The van der Waals surface area contributed by atoms with Crippen LogP contribution in [0.2, 0.25) is 0 Å². The lowest BCUT2D eigenvalue weighted by Gasteiger charge is -2.22. The summed E-state index contributed by atoms with van der Waals surface area (Å²) < 4.78 is 9.71. The Labute approximate surface area is 114 Å². The first kappa shape index (κ1) is 17.2. The quantitative estimate of drug-likeness (QED) is 0.456. The number of esters is 1. The van der Waals surface area contributed by atoms with Crippen molar-refractivity contribution in [2.45, 2.75) is 51.7 Å². The van der Waals surface area contributed by atoms with Crippen molar-refractivity contribution >= 4 is 12.1 Å². The van der Waals surface area contributed by atoms with Crippen molar-refractivity contribution in [2.75, 3.05) is 13.7 Å². The molecule has 0 aliphatic carbocycles. The molecule has 0 aliphatic rings. The number of rotatable bonds is 6. The first-order valence-electron chi connectivity index (χ1n) is 6.20. The SMILES string of the molecule is [C-]#[N+]CCCCC(NC(=O)OC(C)(C)C)C(=O)OC. The fraction of sp³-hybridized carbons (Fsp3) is 0.769. The molecular weight excluding hydrogens is 248 g/mol. The number of alkyl carbamates (subject to hydrolysis) is 1. The Morgan fingerprint density at radius 2 is 1.95 bits per heavy atom. The van der Waals surface area contributed by atoms with E-state index in [4.69, 9.17) is 11.3 Å². The van der Waals surface area contributed by atoms with Crippen LogP contribution >= 0.6 is 0 Å². The third-order valence-electron chi connectivity index (χ3n) is 2.19. The highest BCUT2D eigenvalue weighted by molar-refractivity contribution is 5.81. The maximum Gasteiger partial charge on any atom is 0.408 e. The number of nitrogens with zero attached hydrogens (tertiary/aromatic N) is 1. The van der Waals surface area contributed by atoms with Crippen molar-refractivity contribution in [1.82, 2.24) is 5.32 Å². The van der Waals surface area contributed by atoms with Crippen molar-refractivity contribution < 1.29 is 19.1 Å². The summed E-state index contributed by atoms with van der Waals surface area (Å²) in [5.74, 6) is -0.506. The predicted molar refractivity (Wildman–Crippen MR) is 70.5 cm³/mol. The monoisotopic (exact) mass is 270 g/mol. The molecule has 0 radical (unpaired) electrons. The second kappa shape index (κ2) is 8.35. The van der Waals surface area contributed by atoms with Gasteiger partial charge in [-0.1, -0.05) is 0 Å². The fourth-order valence-corrected chi connectivity index (χ4v) is 1.38. The number of carbonyl (C=O) groups excluding carboxylic acids is 2. The zero-order valence-electron chi connectivity index (χ0n) is 12.0. The minimum atomic E-state index is -0.731. The van der Waals surface area contributed by atoms with Crippen LogP contribution in [0.25, 0.3) is 4.85 Å². The van der Waals surface area contributed by atoms with Crippen LogP contribution in [0, 0.1) is 6.57 Å². The number of amides is 1. The van der Waals surface area contributed by atoms with Crippen molar-refractivity contribution in [3.8, 4) is 0 Å². The molecule has 1 amide bonds. The lowest BCUT2D eigenvalue weighted by molar-refractivity contribution is -0.143. The van der Waals surface area contributed by atoms with Gasteiger partial charge in [0, 0.05) is 6.42 Å². The van der Waals surface area contributed by atoms with Gasteiger partial charge in [-0.3, -0.25) is 0 Å².